The van der Waals surface area contributed by atoms with Gasteiger partial charge in [-0.3, -0.25) is 4.98 Å². The highest BCUT2D eigenvalue weighted by molar-refractivity contribution is 5.88. The zero-order valence-corrected chi connectivity index (χ0v) is 14.9. The average Bonchev–Trinajstić information content (AvgIpc) is 2.72. The van der Waals surface area contributed by atoms with Gasteiger partial charge in [-0.1, -0.05) is 30.3 Å². The predicted octanol–water partition coefficient (Wildman–Crippen LogP) is 1.58. The Labute approximate surface area is 156 Å². The van der Waals surface area contributed by atoms with Gasteiger partial charge in [0.2, 0.25) is 0 Å². The van der Waals surface area contributed by atoms with Crippen LogP contribution in [0.3, 0.4) is 0 Å². The standard InChI is InChI=1S/C19H22N2O6/c1-26-18(24)14-7-8-15(21-11-14)17(23)16(22)9-10-20-19(25)27-12-13-5-3-2-4-6-13/h2-8,11,16-17,22-23H,9-10,12H2,1H3,(H,20,25). The molecule has 2 aromatic rings. The van der Waals surface area contributed by atoms with E-state index >= 15 is 0 Å². The molecule has 2 rings (SSSR count). The van der Waals surface area contributed by atoms with E-state index in [1.165, 1.54) is 25.4 Å². The molecule has 0 spiro atoms. The molecule has 3 N–H and O–H groups in total. The Morgan fingerprint density at radius 3 is 2.52 bits per heavy atom. The smallest absolute Gasteiger partial charge is 0.407 e. The number of hydrogen-bond donors (Lipinski definition) is 3. The van der Waals surface area contributed by atoms with E-state index in [1.807, 2.05) is 30.3 Å². The maximum Gasteiger partial charge on any atom is 0.407 e. The minimum absolute atomic E-state index is 0.0992. The summed E-state index contributed by atoms with van der Waals surface area (Å²) >= 11 is 0. The number of aliphatic hydroxyl groups is 2. The highest BCUT2D eigenvalue weighted by Gasteiger charge is 2.20. The highest BCUT2D eigenvalue weighted by Crippen LogP contribution is 2.17. The number of benzene rings is 1. The van der Waals surface area contributed by atoms with Gasteiger partial charge >= 0.3 is 12.1 Å². The predicted molar refractivity (Wildman–Crippen MR) is 95.8 cm³/mol. The van der Waals surface area contributed by atoms with Crippen molar-refractivity contribution < 1.29 is 29.3 Å². The van der Waals surface area contributed by atoms with Crippen LogP contribution < -0.4 is 5.32 Å². The second-order valence-corrected chi connectivity index (χ2v) is 5.75. The van der Waals surface area contributed by atoms with E-state index in [-0.39, 0.29) is 30.8 Å². The van der Waals surface area contributed by atoms with Crippen molar-refractivity contribution in [3.63, 3.8) is 0 Å². The third-order valence-corrected chi connectivity index (χ3v) is 3.80. The molecule has 0 aliphatic heterocycles. The number of nitrogens with one attached hydrogen (secondary N) is 1. The summed E-state index contributed by atoms with van der Waals surface area (Å²) in [5.41, 5.74) is 1.32. The molecule has 1 heterocycles. The van der Waals surface area contributed by atoms with Crippen LogP contribution in [0, 0.1) is 0 Å². The molecule has 27 heavy (non-hydrogen) atoms. The number of aliphatic hydroxyl groups excluding tert-OH is 2. The number of carbonyl (C=O) groups is 2. The number of alkyl carbamates (subject to hydrolysis) is 1. The van der Waals surface area contributed by atoms with Gasteiger partial charge < -0.3 is 25.0 Å². The number of carbonyl (C=O) groups excluding carboxylic acids is 2. The number of esters is 1. The lowest BCUT2D eigenvalue weighted by atomic mass is 10.1. The number of ether oxygens (including phenoxy) is 2. The van der Waals surface area contributed by atoms with Crippen LogP contribution >= 0.6 is 0 Å². The first kappa shape index (κ1) is 20.3. The van der Waals surface area contributed by atoms with Crippen molar-refractivity contribution in [2.75, 3.05) is 13.7 Å². The van der Waals surface area contributed by atoms with E-state index in [9.17, 15) is 19.8 Å². The van der Waals surface area contributed by atoms with Gasteiger partial charge in [-0.05, 0) is 24.1 Å². The molecule has 8 heteroatoms. The van der Waals surface area contributed by atoms with Gasteiger partial charge in [-0.2, -0.15) is 0 Å². The molecule has 0 aliphatic rings. The summed E-state index contributed by atoms with van der Waals surface area (Å²) in [5.74, 6) is -0.540. The monoisotopic (exact) mass is 374 g/mol. The Kier molecular flexibility index (Phi) is 7.72. The van der Waals surface area contributed by atoms with Crippen molar-refractivity contribution in [1.82, 2.24) is 10.3 Å². The molecule has 0 saturated carbocycles. The fraction of sp³-hybridized carbons (Fsp3) is 0.316. The van der Waals surface area contributed by atoms with Crippen molar-refractivity contribution in [2.45, 2.75) is 25.2 Å². The number of rotatable bonds is 8. The molecule has 1 amide bonds. The van der Waals surface area contributed by atoms with Gasteiger partial charge in [0.05, 0.1) is 24.5 Å². The van der Waals surface area contributed by atoms with Crippen LogP contribution in [-0.4, -0.2) is 47.0 Å². The zero-order chi connectivity index (χ0) is 19.6. The van der Waals surface area contributed by atoms with Crippen molar-refractivity contribution in [3.05, 3.63) is 65.5 Å². The Bertz CT molecular complexity index is 736. The maximum atomic E-state index is 11.6. The first-order valence-corrected chi connectivity index (χ1v) is 8.36. The van der Waals surface area contributed by atoms with Crippen LogP contribution in [0.25, 0.3) is 0 Å². The zero-order valence-electron chi connectivity index (χ0n) is 14.9. The lowest BCUT2D eigenvalue weighted by Crippen LogP contribution is -2.30. The lowest BCUT2D eigenvalue weighted by molar-refractivity contribution is 0.0111. The second kappa shape index (κ2) is 10.2. The van der Waals surface area contributed by atoms with Crippen molar-refractivity contribution in [2.24, 2.45) is 0 Å². The van der Waals surface area contributed by atoms with Crippen LogP contribution in [0.4, 0.5) is 4.79 Å². The van der Waals surface area contributed by atoms with Crippen molar-refractivity contribution in [3.8, 4) is 0 Å². The third-order valence-electron chi connectivity index (χ3n) is 3.80. The minimum atomic E-state index is -1.25. The van der Waals surface area contributed by atoms with Gasteiger partial charge in [0.15, 0.2) is 0 Å². The number of hydrogen-bond acceptors (Lipinski definition) is 7. The van der Waals surface area contributed by atoms with E-state index in [2.05, 4.69) is 15.0 Å². The normalized spacial score (nSPS) is 12.7. The third kappa shape index (κ3) is 6.36. The molecule has 1 aromatic carbocycles. The summed E-state index contributed by atoms with van der Waals surface area (Å²) < 4.78 is 9.62. The molecule has 0 bridgehead atoms. The van der Waals surface area contributed by atoms with Gasteiger partial charge in [-0.25, -0.2) is 9.59 Å². The lowest BCUT2D eigenvalue weighted by Gasteiger charge is -2.17. The summed E-state index contributed by atoms with van der Waals surface area (Å²) in [5, 5.41) is 22.7. The average molecular weight is 374 g/mol. The number of aromatic nitrogens is 1. The van der Waals surface area contributed by atoms with E-state index < -0.39 is 24.3 Å². The van der Waals surface area contributed by atoms with Gasteiger partial charge in [0.1, 0.15) is 12.7 Å². The summed E-state index contributed by atoms with van der Waals surface area (Å²) in [6, 6.07) is 12.1. The fourth-order valence-electron chi connectivity index (χ4n) is 2.27. The number of methoxy groups -OCH3 is 1. The molecule has 2 atom stereocenters. The van der Waals surface area contributed by atoms with Crippen LogP contribution in [0.1, 0.15) is 34.1 Å². The van der Waals surface area contributed by atoms with E-state index in [4.69, 9.17) is 4.74 Å². The Morgan fingerprint density at radius 2 is 1.89 bits per heavy atom. The Morgan fingerprint density at radius 1 is 1.15 bits per heavy atom. The fourth-order valence-corrected chi connectivity index (χ4v) is 2.27. The van der Waals surface area contributed by atoms with Crippen LogP contribution in [-0.2, 0) is 16.1 Å². The van der Waals surface area contributed by atoms with Crippen molar-refractivity contribution in [1.29, 1.82) is 0 Å². The molecule has 1 aromatic heterocycles. The topological polar surface area (TPSA) is 118 Å². The number of pyridine rings is 1. The van der Waals surface area contributed by atoms with E-state index in [0.717, 1.165) is 5.56 Å². The largest absolute Gasteiger partial charge is 0.465 e. The van der Waals surface area contributed by atoms with Gasteiger partial charge in [-0.15, -0.1) is 0 Å². The molecule has 144 valence electrons. The summed E-state index contributed by atoms with van der Waals surface area (Å²) in [7, 11) is 1.26. The van der Waals surface area contributed by atoms with Gasteiger partial charge in [0.25, 0.3) is 0 Å². The van der Waals surface area contributed by atoms with Crippen LogP contribution in [0.15, 0.2) is 48.7 Å². The second-order valence-electron chi connectivity index (χ2n) is 5.75. The molecule has 0 fully saturated rings. The Balaban J connectivity index is 1.73. The number of amides is 1. The maximum absolute atomic E-state index is 11.6. The molecule has 0 radical (unpaired) electrons. The first-order valence-electron chi connectivity index (χ1n) is 8.36. The molecular formula is C19H22N2O6. The molecular weight excluding hydrogens is 352 g/mol. The summed E-state index contributed by atoms with van der Waals surface area (Å²) in [6.45, 7) is 0.264. The first-order chi connectivity index (χ1) is 13.0. The van der Waals surface area contributed by atoms with Crippen LogP contribution in [0.5, 0.6) is 0 Å². The summed E-state index contributed by atoms with van der Waals surface area (Å²) in [6.07, 6.45) is -1.64. The Hall–Kier alpha value is -2.97. The minimum Gasteiger partial charge on any atom is -0.465 e. The highest BCUT2D eigenvalue weighted by atomic mass is 16.5. The molecule has 2 unspecified atom stereocenters. The molecule has 0 saturated heterocycles. The van der Waals surface area contributed by atoms with Gasteiger partial charge in [0, 0.05) is 12.7 Å². The van der Waals surface area contributed by atoms with Crippen molar-refractivity contribution >= 4 is 12.1 Å². The molecule has 8 nitrogen and oxygen atoms in total. The number of nitrogens with zero attached hydrogens (tertiary/aromatic N) is 1. The molecule has 0 aliphatic carbocycles. The van der Waals surface area contributed by atoms with Crippen LogP contribution in [0.2, 0.25) is 0 Å². The quantitative estimate of drug-likeness (QED) is 0.600. The SMILES string of the molecule is COC(=O)c1ccc(C(O)C(O)CCNC(=O)OCc2ccccc2)nc1. The van der Waals surface area contributed by atoms with E-state index in [0.29, 0.717) is 0 Å². The summed E-state index contributed by atoms with van der Waals surface area (Å²) in [4.78, 5) is 26.9. The van der Waals surface area contributed by atoms with E-state index in [1.54, 1.807) is 0 Å².